The van der Waals surface area contributed by atoms with Crippen molar-refractivity contribution in [2.75, 3.05) is 39.3 Å². The maximum absolute atomic E-state index is 12.4. The Hall–Kier alpha value is -2.64. The van der Waals surface area contributed by atoms with E-state index in [2.05, 4.69) is 6.92 Å². The number of carbonyl (C=O) groups excluding carboxylic acids is 3. The predicted molar refractivity (Wildman–Crippen MR) is 124 cm³/mol. The van der Waals surface area contributed by atoms with E-state index in [9.17, 15) is 19.2 Å². The minimum atomic E-state index is -0.974. The summed E-state index contributed by atoms with van der Waals surface area (Å²) in [6.07, 6.45) is 10.1. The van der Waals surface area contributed by atoms with Crippen molar-refractivity contribution in [3.63, 3.8) is 0 Å². The van der Waals surface area contributed by atoms with Crippen LogP contribution in [0.5, 0.6) is 0 Å². The van der Waals surface area contributed by atoms with E-state index in [-0.39, 0.29) is 17.3 Å². The summed E-state index contributed by atoms with van der Waals surface area (Å²) >= 11 is 0. The number of allylic oxidation sites excluding steroid dienone is 1. The highest BCUT2D eigenvalue weighted by atomic mass is 16.4. The molecule has 0 aromatic rings. The first kappa shape index (κ1) is 25.0. The third-order valence-corrected chi connectivity index (χ3v) is 6.37. The number of ketones is 3. The minimum absolute atomic E-state index is 0.00546. The molecule has 3 heterocycles. The van der Waals surface area contributed by atoms with Crippen LogP contribution in [0, 0.1) is 5.92 Å². The van der Waals surface area contributed by atoms with Gasteiger partial charge in [-0.05, 0) is 13.3 Å². The highest BCUT2D eigenvalue weighted by Crippen LogP contribution is 2.33. The van der Waals surface area contributed by atoms with E-state index in [4.69, 9.17) is 5.11 Å². The number of rotatable bonds is 13. The average molecular weight is 460 g/mol. The fourth-order valence-electron chi connectivity index (χ4n) is 4.08. The van der Waals surface area contributed by atoms with Crippen molar-refractivity contribution in [2.24, 2.45) is 5.92 Å². The molecule has 0 radical (unpaired) electrons. The first-order chi connectivity index (χ1) is 15.8. The van der Waals surface area contributed by atoms with Crippen molar-refractivity contribution in [3.8, 4) is 0 Å². The lowest BCUT2D eigenvalue weighted by Gasteiger charge is -2.21. The quantitative estimate of drug-likeness (QED) is 0.194. The molecule has 33 heavy (non-hydrogen) atoms. The molecule has 1 N–H and O–H groups in total. The van der Waals surface area contributed by atoms with Gasteiger partial charge in [0.25, 0.3) is 0 Å². The van der Waals surface area contributed by atoms with Crippen molar-refractivity contribution in [1.29, 1.82) is 0 Å². The van der Waals surface area contributed by atoms with Crippen LogP contribution in [0.2, 0.25) is 0 Å². The fourth-order valence-corrected chi connectivity index (χ4v) is 4.08. The van der Waals surface area contributed by atoms with Gasteiger partial charge < -0.3 is 19.8 Å². The summed E-state index contributed by atoms with van der Waals surface area (Å²) in [4.78, 5) is 52.2. The molecule has 1 unspecified atom stereocenters. The molecule has 8 nitrogen and oxygen atoms in total. The summed E-state index contributed by atoms with van der Waals surface area (Å²) in [6, 6.07) is 0. The molecule has 0 aromatic carbocycles. The second kappa shape index (κ2) is 11.5. The molecular formula is C25H37N3O5. The molecule has 1 atom stereocenters. The molecule has 182 valence electrons. The first-order valence-electron chi connectivity index (χ1n) is 12.4. The minimum Gasteiger partial charge on any atom is -0.481 e. The average Bonchev–Trinajstić information content (AvgIpc) is 3.63. The zero-order valence-corrected chi connectivity index (χ0v) is 20.0. The van der Waals surface area contributed by atoms with Crippen LogP contribution in [-0.4, -0.2) is 82.4 Å². The summed E-state index contributed by atoms with van der Waals surface area (Å²) in [6.45, 7) is 8.95. The summed E-state index contributed by atoms with van der Waals surface area (Å²) in [7, 11) is 0. The van der Waals surface area contributed by atoms with Crippen molar-refractivity contribution in [3.05, 3.63) is 23.2 Å². The third-order valence-electron chi connectivity index (χ3n) is 6.37. The Morgan fingerprint density at radius 1 is 0.848 bits per heavy atom. The van der Waals surface area contributed by atoms with Crippen molar-refractivity contribution >= 4 is 23.3 Å². The predicted octanol–water partition coefficient (Wildman–Crippen LogP) is 2.60. The van der Waals surface area contributed by atoms with Crippen LogP contribution in [0.4, 0.5) is 0 Å². The molecule has 0 amide bonds. The fraction of sp³-hybridized carbons (Fsp3) is 0.680. The zero-order chi connectivity index (χ0) is 24.0. The number of nitrogens with zero attached hydrogens (tertiary/aromatic N) is 3. The molecular weight excluding hydrogens is 422 g/mol. The lowest BCUT2D eigenvalue weighted by molar-refractivity contribution is -0.146. The van der Waals surface area contributed by atoms with E-state index in [1.165, 1.54) is 38.7 Å². The van der Waals surface area contributed by atoms with Gasteiger partial charge in [0.1, 0.15) is 23.1 Å². The van der Waals surface area contributed by atoms with Crippen molar-refractivity contribution in [2.45, 2.75) is 65.2 Å². The molecule has 4 aliphatic rings. The maximum atomic E-state index is 12.4. The van der Waals surface area contributed by atoms with Gasteiger partial charge in [-0.3, -0.25) is 19.2 Å². The lowest BCUT2D eigenvalue weighted by atomic mass is 9.97. The largest absolute Gasteiger partial charge is 0.481 e. The third kappa shape index (κ3) is 7.17. The van der Waals surface area contributed by atoms with Gasteiger partial charge in [0.05, 0.1) is 5.70 Å². The van der Waals surface area contributed by atoms with E-state index < -0.39 is 11.9 Å². The van der Waals surface area contributed by atoms with E-state index >= 15 is 0 Å². The second-order valence-corrected chi connectivity index (χ2v) is 9.29. The summed E-state index contributed by atoms with van der Waals surface area (Å²) < 4.78 is 0. The SMILES string of the molecule is CCCCCCCCCC(C(C)=O)C(=O)O.O=C1C=C(N2CC2)C(=O)C(N2CC2)=C1N1CC1. The van der Waals surface area contributed by atoms with E-state index in [1.54, 1.807) is 0 Å². The Balaban J connectivity index is 0.000000187. The van der Waals surface area contributed by atoms with Crippen LogP contribution in [0.15, 0.2) is 23.2 Å². The Labute approximate surface area is 196 Å². The zero-order valence-electron chi connectivity index (χ0n) is 20.0. The molecule has 4 rings (SSSR count). The number of hydrogen-bond donors (Lipinski definition) is 1. The van der Waals surface area contributed by atoms with Gasteiger partial charge in [0.2, 0.25) is 11.6 Å². The number of hydrogen-bond acceptors (Lipinski definition) is 7. The van der Waals surface area contributed by atoms with Gasteiger partial charge >= 0.3 is 5.97 Å². The number of carboxylic acids is 1. The van der Waals surface area contributed by atoms with Crippen LogP contribution >= 0.6 is 0 Å². The number of aliphatic carboxylic acids is 1. The smallest absolute Gasteiger partial charge is 0.314 e. The Morgan fingerprint density at radius 2 is 1.36 bits per heavy atom. The normalized spacial score (nSPS) is 19.7. The summed E-state index contributed by atoms with van der Waals surface area (Å²) in [5.41, 5.74) is 1.89. The standard InChI is InChI=1S/C13H24O3.C12H13N3O2/c1-3-4-5-6-7-8-9-10-12(11(2)14)13(15)16;16-9-7-8(13-1-2-13)12(17)11(15-5-6-15)10(9)14-3-4-14/h12H,3-10H2,1-2H3,(H,15,16);7H,1-6H2. The molecule has 3 fully saturated rings. The van der Waals surface area contributed by atoms with Gasteiger partial charge in [0, 0.05) is 45.3 Å². The molecule has 3 aliphatic heterocycles. The monoisotopic (exact) mass is 459 g/mol. The van der Waals surface area contributed by atoms with E-state index in [0.29, 0.717) is 23.5 Å². The van der Waals surface area contributed by atoms with Gasteiger partial charge in [-0.25, -0.2) is 0 Å². The topological polar surface area (TPSA) is 97.5 Å². The summed E-state index contributed by atoms with van der Waals surface area (Å²) in [5, 5.41) is 8.80. The van der Waals surface area contributed by atoms with Crippen LogP contribution in [-0.2, 0) is 19.2 Å². The van der Waals surface area contributed by atoms with Crippen molar-refractivity contribution in [1.82, 2.24) is 14.7 Å². The Bertz CT molecular complexity index is 821. The number of carbonyl (C=O) groups is 4. The molecule has 8 heteroatoms. The van der Waals surface area contributed by atoms with Gasteiger partial charge in [0.15, 0.2) is 0 Å². The Kier molecular flexibility index (Phi) is 8.69. The number of carboxylic acid groups (broad SMARTS) is 1. The molecule has 0 aromatic heterocycles. The Morgan fingerprint density at radius 3 is 1.85 bits per heavy atom. The van der Waals surface area contributed by atoms with Crippen LogP contribution in [0.3, 0.4) is 0 Å². The van der Waals surface area contributed by atoms with Crippen LogP contribution < -0.4 is 0 Å². The highest BCUT2D eigenvalue weighted by Gasteiger charge is 2.43. The maximum Gasteiger partial charge on any atom is 0.314 e. The molecule has 0 spiro atoms. The summed E-state index contributed by atoms with van der Waals surface area (Å²) in [5.74, 6) is -1.93. The number of Topliss-reactive ketones (excluding diaryl/α,β-unsaturated/α-hetero) is 2. The van der Waals surface area contributed by atoms with Crippen molar-refractivity contribution < 1.29 is 24.3 Å². The lowest BCUT2D eigenvalue weighted by Crippen LogP contribution is -2.29. The molecule has 1 aliphatic carbocycles. The van der Waals surface area contributed by atoms with Gasteiger partial charge in [-0.15, -0.1) is 0 Å². The molecule has 0 bridgehead atoms. The van der Waals surface area contributed by atoms with Crippen LogP contribution in [0.25, 0.3) is 0 Å². The van der Waals surface area contributed by atoms with Crippen LogP contribution in [0.1, 0.15) is 65.2 Å². The van der Waals surface area contributed by atoms with E-state index in [0.717, 1.165) is 58.5 Å². The second-order valence-electron chi connectivity index (χ2n) is 9.29. The highest BCUT2D eigenvalue weighted by molar-refractivity contribution is 6.22. The first-order valence-corrected chi connectivity index (χ1v) is 12.4. The van der Waals surface area contributed by atoms with Gasteiger partial charge in [-0.2, -0.15) is 0 Å². The van der Waals surface area contributed by atoms with Gasteiger partial charge in [-0.1, -0.05) is 51.9 Å². The molecule has 0 saturated carbocycles. The van der Waals surface area contributed by atoms with E-state index in [1.807, 2.05) is 14.7 Å². The molecule has 3 saturated heterocycles. The number of unbranched alkanes of at least 4 members (excludes halogenated alkanes) is 6.